The number of hydrogen-bond donors (Lipinski definition) is 1. The zero-order valence-electron chi connectivity index (χ0n) is 12.8. The van der Waals surface area contributed by atoms with Crippen LogP contribution in [0.2, 0.25) is 0 Å². The molecule has 134 valence electrons. The van der Waals surface area contributed by atoms with Crippen molar-refractivity contribution in [2.75, 3.05) is 22.4 Å². The summed E-state index contributed by atoms with van der Waals surface area (Å²) in [5.74, 6) is -5.41. The molecule has 0 fully saturated rings. The molecule has 25 heavy (non-hydrogen) atoms. The Balaban J connectivity index is 2.31. The average molecular weight is 376 g/mol. The van der Waals surface area contributed by atoms with E-state index in [1.807, 2.05) is 5.32 Å². The van der Waals surface area contributed by atoms with E-state index in [1.54, 1.807) is 0 Å². The number of carbonyl (C=O) groups is 1. The fraction of sp³-hybridized carbons (Fsp3) is 0.133. The summed E-state index contributed by atoms with van der Waals surface area (Å²) in [7, 11) is -4.23. The molecule has 0 bridgehead atoms. The molecule has 0 aliphatic carbocycles. The first-order valence-electron chi connectivity index (χ1n) is 6.76. The second-order valence-corrected chi connectivity index (χ2v) is 6.92. The highest BCUT2D eigenvalue weighted by Crippen LogP contribution is 2.25. The van der Waals surface area contributed by atoms with Gasteiger partial charge >= 0.3 is 0 Å². The number of amides is 1. The van der Waals surface area contributed by atoms with Crippen molar-refractivity contribution in [2.45, 2.75) is 0 Å². The standard InChI is InChI=1S/C15H12F4N2O3S/c1-25(23,24)21(15-10(17)3-2-4-11(15)18)8-14(22)20-13-6-5-9(16)7-12(13)19/h2-7H,8H2,1H3,(H,20,22). The van der Waals surface area contributed by atoms with Crippen LogP contribution in [-0.2, 0) is 14.8 Å². The van der Waals surface area contributed by atoms with Gasteiger partial charge in [0.1, 0.15) is 23.9 Å². The smallest absolute Gasteiger partial charge is 0.245 e. The summed E-state index contributed by atoms with van der Waals surface area (Å²) in [6.45, 7) is -1.01. The molecular formula is C15H12F4N2O3S. The third kappa shape index (κ3) is 4.47. The molecule has 10 heteroatoms. The van der Waals surface area contributed by atoms with E-state index >= 15 is 0 Å². The van der Waals surface area contributed by atoms with Crippen molar-refractivity contribution < 1.29 is 30.8 Å². The normalized spacial score (nSPS) is 11.2. The molecule has 1 N–H and O–H groups in total. The highest BCUT2D eigenvalue weighted by molar-refractivity contribution is 7.92. The number of para-hydroxylation sites is 1. The first kappa shape index (κ1) is 18.7. The molecule has 2 rings (SSSR count). The largest absolute Gasteiger partial charge is 0.322 e. The summed E-state index contributed by atoms with van der Waals surface area (Å²) >= 11 is 0. The zero-order chi connectivity index (χ0) is 18.8. The number of sulfonamides is 1. The molecule has 1 amide bonds. The van der Waals surface area contributed by atoms with Gasteiger partial charge in [-0.05, 0) is 24.3 Å². The number of carbonyl (C=O) groups excluding carboxylic acids is 1. The second kappa shape index (κ2) is 7.09. The topological polar surface area (TPSA) is 66.5 Å². The van der Waals surface area contributed by atoms with Gasteiger partial charge in [-0.2, -0.15) is 0 Å². The SMILES string of the molecule is CS(=O)(=O)N(CC(=O)Nc1ccc(F)cc1F)c1c(F)cccc1F. The van der Waals surface area contributed by atoms with Gasteiger partial charge in [0.15, 0.2) is 11.6 Å². The maximum Gasteiger partial charge on any atom is 0.245 e. The van der Waals surface area contributed by atoms with E-state index in [2.05, 4.69) is 0 Å². The predicted octanol–water partition coefficient (Wildman–Crippen LogP) is 2.65. The molecular weight excluding hydrogens is 364 g/mol. The van der Waals surface area contributed by atoms with Crippen molar-refractivity contribution in [3.05, 3.63) is 59.7 Å². The van der Waals surface area contributed by atoms with E-state index in [1.165, 1.54) is 0 Å². The molecule has 0 saturated carbocycles. The Morgan fingerprint density at radius 3 is 2.16 bits per heavy atom. The van der Waals surface area contributed by atoms with E-state index in [0.29, 0.717) is 12.3 Å². The zero-order valence-corrected chi connectivity index (χ0v) is 13.6. The Kier molecular flexibility index (Phi) is 5.31. The van der Waals surface area contributed by atoms with Crippen LogP contribution in [0.15, 0.2) is 36.4 Å². The van der Waals surface area contributed by atoms with Crippen molar-refractivity contribution in [3.63, 3.8) is 0 Å². The van der Waals surface area contributed by atoms with Gasteiger partial charge < -0.3 is 5.32 Å². The van der Waals surface area contributed by atoms with Crippen LogP contribution in [0.4, 0.5) is 28.9 Å². The lowest BCUT2D eigenvalue weighted by Gasteiger charge is -2.22. The van der Waals surface area contributed by atoms with Crippen LogP contribution < -0.4 is 9.62 Å². The van der Waals surface area contributed by atoms with Crippen LogP contribution in [0.5, 0.6) is 0 Å². The first-order valence-corrected chi connectivity index (χ1v) is 8.61. The number of nitrogens with zero attached hydrogens (tertiary/aromatic N) is 1. The third-order valence-corrected chi connectivity index (χ3v) is 4.19. The second-order valence-electron chi connectivity index (χ2n) is 5.01. The Morgan fingerprint density at radius 1 is 1.04 bits per heavy atom. The Bertz CT molecular complexity index is 899. The molecule has 2 aromatic carbocycles. The van der Waals surface area contributed by atoms with Crippen LogP contribution in [0, 0.1) is 23.3 Å². The summed E-state index contributed by atoms with van der Waals surface area (Å²) in [5, 5.41) is 2.02. The molecule has 2 aromatic rings. The number of anilines is 2. The average Bonchev–Trinajstić information content (AvgIpc) is 2.48. The number of nitrogens with one attached hydrogen (secondary N) is 1. The van der Waals surface area contributed by atoms with E-state index in [9.17, 15) is 30.8 Å². The van der Waals surface area contributed by atoms with Crippen molar-refractivity contribution in [3.8, 4) is 0 Å². The molecule has 0 atom stereocenters. The van der Waals surface area contributed by atoms with Gasteiger partial charge in [-0.1, -0.05) is 6.07 Å². The van der Waals surface area contributed by atoms with Gasteiger partial charge in [-0.25, -0.2) is 26.0 Å². The van der Waals surface area contributed by atoms with E-state index < -0.39 is 57.1 Å². The number of hydrogen-bond acceptors (Lipinski definition) is 3. The molecule has 0 unspecified atom stereocenters. The minimum absolute atomic E-state index is 0.217. The van der Waals surface area contributed by atoms with Crippen LogP contribution in [-0.4, -0.2) is 27.1 Å². The number of benzene rings is 2. The molecule has 0 aromatic heterocycles. The summed E-state index contributed by atoms with van der Waals surface area (Å²) in [5.41, 5.74) is -1.34. The van der Waals surface area contributed by atoms with Crippen molar-refractivity contribution in [1.82, 2.24) is 0 Å². The van der Waals surface area contributed by atoms with Gasteiger partial charge in [0.25, 0.3) is 0 Å². The van der Waals surface area contributed by atoms with Gasteiger partial charge in [-0.3, -0.25) is 9.10 Å². The van der Waals surface area contributed by atoms with E-state index in [0.717, 1.165) is 30.3 Å². The fourth-order valence-corrected chi connectivity index (χ4v) is 2.86. The monoisotopic (exact) mass is 376 g/mol. The minimum Gasteiger partial charge on any atom is -0.322 e. The summed E-state index contributed by atoms with van der Waals surface area (Å²) in [4.78, 5) is 12.0. The summed E-state index contributed by atoms with van der Waals surface area (Å²) in [6.07, 6.45) is 0.657. The third-order valence-electron chi connectivity index (χ3n) is 3.08. The van der Waals surface area contributed by atoms with Gasteiger partial charge in [-0.15, -0.1) is 0 Å². The van der Waals surface area contributed by atoms with Crippen LogP contribution in [0.25, 0.3) is 0 Å². The predicted molar refractivity (Wildman–Crippen MR) is 83.5 cm³/mol. The Morgan fingerprint density at radius 2 is 1.64 bits per heavy atom. The van der Waals surface area contributed by atoms with Gasteiger partial charge in [0, 0.05) is 6.07 Å². The summed E-state index contributed by atoms with van der Waals surface area (Å²) < 4.78 is 77.9. The van der Waals surface area contributed by atoms with Crippen LogP contribution >= 0.6 is 0 Å². The van der Waals surface area contributed by atoms with Gasteiger partial charge in [0.2, 0.25) is 15.9 Å². The van der Waals surface area contributed by atoms with Crippen molar-refractivity contribution in [2.24, 2.45) is 0 Å². The highest BCUT2D eigenvalue weighted by atomic mass is 32.2. The Labute approximate surface area is 140 Å². The minimum atomic E-state index is -4.23. The molecule has 0 saturated heterocycles. The number of rotatable bonds is 5. The van der Waals surface area contributed by atoms with Gasteiger partial charge in [0.05, 0.1) is 11.9 Å². The van der Waals surface area contributed by atoms with Crippen LogP contribution in [0.3, 0.4) is 0 Å². The lowest BCUT2D eigenvalue weighted by atomic mass is 10.2. The lowest BCUT2D eigenvalue weighted by Crippen LogP contribution is -2.38. The highest BCUT2D eigenvalue weighted by Gasteiger charge is 2.27. The maximum atomic E-state index is 13.8. The number of halogens is 4. The summed E-state index contributed by atoms with van der Waals surface area (Å²) in [6, 6.07) is 5.01. The van der Waals surface area contributed by atoms with Crippen molar-refractivity contribution in [1.29, 1.82) is 0 Å². The quantitative estimate of drug-likeness (QED) is 0.816. The molecule has 0 heterocycles. The molecule has 0 radical (unpaired) electrons. The van der Waals surface area contributed by atoms with Crippen LogP contribution in [0.1, 0.15) is 0 Å². The van der Waals surface area contributed by atoms with E-state index in [4.69, 9.17) is 0 Å². The molecule has 5 nitrogen and oxygen atoms in total. The lowest BCUT2D eigenvalue weighted by molar-refractivity contribution is -0.114. The fourth-order valence-electron chi connectivity index (χ4n) is 2.00. The maximum absolute atomic E-state index is 13.8. The first-order chi connectivity index (χ1) is 11.6. The van der Waals surface area contributed by atoms with Crippen molar-refractivity contribution >= 4 is 27.3 Å². The molecule has 0 spiro atoms. The molecule has 0 aliphatic heterocycles. The molecule has 0 aliphatic rings. The van der Waals surface area contributed by atoms with E-state index in [-0.39, 0.29) is 4.31 Å². The Hall–Kier alpha value is -2.62.